The van der Waals surface area contributed by atoms with Crippen molar-refractivity contribution >= 4 is 17.7 Å². The lowest BCUT2D eigenvalue weighted by Gasteiger charge is -2.25. The van der Waals surface area contributed by atoms with E-state index in [0.717, 1.165) is 11.1 Å². The van der Waals surface area contributed by atoms with Crippen molar-refractivity contribution in [2.24, 2.45) is 0 Å². The molecule has 1 aromatic carbocycles. The molecule has 144 valence electrons. The number of pyridine rings is 1. The van der Waals surface area contributed by atoms with Gasteiger partial charge in [-0.3, -0.25) is 4.79 Å². The maximum absolute atomic E-state index is 12.2. The van der Waals surface area contributed by atoms with Crippen molar-refractivity contribution in [3.05, 3.63) is 47.7 Å². The van der Waals surface area contributed by atoms with Gasteiger partial charge in [0.05, 0.1) is 0 Å². The van der Waals surface area contributed by atoms with Gasteiger partial charge in [0, 0.05) is 36.0 Å². The van der Waals surface area contributed by atoms with Crippen molar-refractivity contribution in [1.82, 2.24) is 10.3 Å². The van der Waals surface area contributed by atoms with Crippen LogP contribution in [0.4, 0.5) is 10.5 Å². The zero-order chi connectivity index (χ0) is 20.0. The summed E-state index contributed by atoms with van der Waals surface area (Å²) in [5.41, 5.74) is 1.87. The molecule has 0 atom stereocenters. The number of ether oxygens (including phenoxy) is 1. The Labute approximate surface area is 158 Å². The Bertz CT molecular complexity index is 834. The number of rotatable bonds is 7. The summed E-state index contributed by atoms with van der Waals surface area (Å²) < 4.78 is 5.83. The van der Waals surface area contributed by atoms with Gasteiger partial charge in [0.15, 0.2) is 0 Å². The van der Waals surface area contributed by atoms with Crippen LogP contribution in [0.25, 0.3) is 0 Å². The number of aryl methyl sites for hydroxylation is 2. The van der Waals surface area contributed by atoms with E-state index in [4.69, 9.17) is 9.84 Å². The maximum atomic E-state index is 12.2. The molecule has 1 aromatic heterocycles. The molecule has 0 saturated heterocycles. The van der Waals surface area contributed by atoms with Crippen LogP contribution in [0.2, 0.25) is 0 Å². The van der Waals surface area contributed by atoms with Crippen molar-refractivity contribution in [3.8, 4) is 11.6 Å². The number of carbonyl (C=O) groups is 2. The van der Waals surface area contributed by atoms with Gasteiger partial charge in [-0.25, -0.2) is 9.78 Å². The molecule has 0 radical (unpaired) electrons. The topological polar surface area (TPSA) is 101 Å². The largest absolute Gasteiger partial charge is 0.481 e. The number of hydrogen-bond donors (Lipinski definition) is 3. The highest BCUT2D eigenvalue weighted by Crippen LogP contribution is 2.27. The number of benzene rings is 1. The maximum Gasteiger partial charge on any atom is 0.319 e. The summed E-state index contributed by atoms with van der Waals surface area (Å²) >= 11 is 0. The highest BCUT2D eigenvalue weighted by molar-refractivity contribution is 5.90. The summed E-state index contributed by atoms with van der Waals surface area (Å²) in [7, 11) is 0. The van der Waals surface area contributed by atoms with E-state index in [9.17, 15) is 9.59 Å². The third kappa shape index (κ3) is 6.62. The van der Waals surface area contributed by atoms with E-state index in [2.05, 4.69) is 15.6 Å². The van der Waals surface area contributed by atoms with E-state index >= 15 is 0 Å². The molecule has 0 aliphatic rings. The first-order chi connectivity index (χ1) is 12.6. The molecule has 1 heterocycles. The third-order valence-electron chi connectivity index (χ3n) is 3.97. The second-order valence-corrected chi connectivity index (χ2v) is 7.11. The molecule has 27 heavy (non-hydrogen) atoms. The predicted molar refractivity (Wildman–Crippen MR) is 103 cm³/mol. The Kier molecular flexibility index (Phi) is 6.39. The second-order valence-electron chi connectivity index (χ2n) is 7.11. The van der Waals surface area contributed by atoms with Crippen molar-refractivity contribution in [2.45, 2.75) is 46.1 Å². The number of carboxylic acids is 1. The van der Waals surface area contributed by atoms with Gasteiger partial charge in [0.2, 0.25) is 5.88 Å². The van der Waals surface area contributed by atoms with Crippen LogP contribution in [0.1, 0.15) is 37.8 Å². The lowest BCUT2D eigenvalue weighted by Crippen LogP contribution is -2.45. The number of hydrogen-bond acceptors (Lipinski definition) is 4. The number of nitrogens with zero attached hydrogens (tertiary/aromatic N) is 1. The minimum atomic E-state index is -0.893. The molecule has 7 heteroatoms. The van der Waals surface area contributed by atoms with Crippen molar-refractivity contribution in [1.29, 1.82) is 0 Å². The number of aromatic nitrogens is 1. The molecule has 2 rings (SSSR count). The summed E-state index contributed by atoms with van der Waals surface area (Å²) in [5, 5.41) is 14.3. The molecule has 2 amide bonds. The van der Waals surface area contributed by atoms with Gasteiger partial charge in [0.1, 0.15) is 5.75 Å². The molecule has 0 unspecified atom stereocenters. The van der Waals surface area contributed by atoms with E-state index < -0.39 is 17.5 Å². The molecule has 0 aliphatic heterocycles. The quantitative estimate of drug-likeness (QED) is 0.675. The van der Waals surface area contributed by atoms with Gasteiger partial charge in [0.25, 0.3) is 0 Å². The molecular weight excluding hydrogens is 346 g/mol. The summed E-state index contributed by atoms with van der Waals surface area (Å²) in [6.45, 7) is 7.42. The minimum absolute atomic E-state index is 0.0146. The molecular formula is C20H25N3O4. The number of nitrogens with one attached hydrogen (secondary N) is 2. The van der Waals surface area contributed by atoms with E-state index in [1.807, 2.05) is 32.0 Å². The lowest BCUT2D eigenvalue weighted by molar-refractivity contribution is -0.137. The fourth-order valence-corrected chi connectivity index (χ4v) is 2.42. The Hall–Kier alpha value is -3.09. The van der Waals surface area contributed by atoms with E-state index in [-0.39, 0.29) is 6.42 Å². The van der Waals surface area contributed by atoms with Crippen LogP contribution in [-0.4, -0.2) is 27.6 Å². The van der Waals surface area contributed by atoms with Crippen LogP contribution < -0.4 is 15.4 Å². The Morgan fingerprint density at radius 1 is 1.19 bits per heavy atom. The van der Waals surface area contributed by atoms with Crippen LogP contribution >= 0.6 is 0 Å². The average Bonchev–Trinajstić information content (AvgIpc) is 2.56. The molecule has 0 aliphatic carbocycles. The van der Waals surface area contributed by atoms with E-state index in [0.29, 0.717) is 23.7 Å². The predicted octanol–water partition coefficient (Wildman–Crippen LogP) is 4.26. The van der Waals surface area contributed by atoms with Crippen LogP contribution in [0.3, 0.4) is 0 Å². The van der Waals surface area contributed by atoms with Gasteiger partial charge in [-0.2, -0.15) is 0 Å². The van der Waals surface area contributed by atoms with Crippen LogP contribution in [0.15, 0.2) is 36.5 Å². The summed E-state index contributed by atoms with van der Waals surface area (Å²) in [6.07, 6.45) is 1.99. The first-order valence-electron chi connectivity index (χ1n) is 8.67. The first-order valence-corrected chi connectivity index (χ1v) is 8.67. The monoisotopic (exact) mass is 371 g/mol. The summed E-state index contributed by atoms with van der Waals surface area (Å²) in [5.74, 6) is 0.181. The summed E-state index contributed by atoms with van der Waals surface area (Å²) in [4.78, 5) is 27.1. The number of carbonyl (C=O) groups excluding carboxylic acids is 1. The number of urea groups is 1. The van der Waals surface area contributed by atoms with Gasteiger partial charge in [-0.15, -0.1) is 0 Å². The molecule has 3 N–H and O–H groups in total. The summed E-state index contributed by atoms with van der Waals surface area (Å²) in [6, 6.07) is 8.65. The van der Waals surface area contributed by atoms with Gasteiger partial charge < -0.3 is 20.5 Å². The molecule has 2 aromatic rings. The highest BCUT2D eigenvalue weighted by Gasteiger charge is 2.21. The molecule has 7 nitrogen and oxygen atoms in total. The molecule has 0 bridgehead atoms. The normalized spacial score (nSPS) is 11.0. The SMILES string of the molecule is Cc1ccnc(Oc2cc(NC(=O)NC(C)(C)CCC(=O)O)ccc2C)c1. The lowest BCUT2D eigenvalue weighted by atomic mass is 9.99. The molecule has 0 saturated carbocycles. The Balaban J connectivity index is 2.04. The van der Waals surface area contributed by atoms with Gasteiger partial charge >= 0.3 is 12.0 Å². The van der Waals surface area contributed by atoms with Gasteiger partial charge in [-0.05, 0) is 57.4 Å². The van der Waals surface area contributed by atoms with Crippen LogP contribution in [0.5, 0.6) is 11.6 Å². The Morgan fingerprint density at radius 2 is 1.93 bits per heavy atom. The number of amides is 2. The number of aliphatic carboxylic acids is 1. The van der Waals surface area contributed by atoms with E-state index in [1.54, 1.807) is 32.2 Å². The van der Waals surface area contributed by atoms with Crippen LogP contribution in [0, 0.1) is 13.8 Å². The average molecular weight is 371 g/mol. The zero-order valence-electron chi connectivity index (χ0n) is 16.0. The fourth-order valence-electron chi connectivity index (χ4n) is 2.42. The number of anilines is 1. The smallest absolute Gasteiger partial charge is 0.319 e. The molecule has 0 spiro atoms. The van der Waals surface area contributed by atoms with Crippen molar-refractivity contribution in [3.63, 3.8) is 0 Å². The minimum Gasteiger partial charge on any atom is -0.481 e. The zero-order valence-corrected chi connectivity index (χ0v) is 16.0. The van der Waals surface area contributed by atoms with Gasteiger partial charge in [-0.1, -0.05) is 6.07 Å². The van der Waals surface area contributed by atoms with Crippen LogP contribution in [-0.2, 0) is 4.79 Å². The fraction of sp³-hybridized carbons (Fsp3) is 0.350. The Morgan fingerprint density at radius 3 is 2.59 bits per heavy atom. The first kappa shape index (κ1) is 20.2. The van der Waals surface area contributed by atoms with Crippen molar-refractivity contribution in [2.75, 3.05) is 5.32 Å². The van der Waals surface area contributed by atoms with Crippen molar-refractivity contribution < 1.29 is 19.4 Å². The van der Waals surface area contributed by atoms with E-state index in [1.165, 1.54) is 0 Å². The highest BCUT2D eigenvalue weighted by atomic mass is 16.5. The second kappa shape index (κ2) is 8.53. The molecule has 0 fully saturated rings. The standard InChI is InChI=1S/C20H25N3O4/c1-13-8-10-21-17(11-13)27-16-12-15(6-5-14(16)2)22-19(26)23-20(3,4)9-7-18(24)25/h5-6,8,10-12H,7,9H2,1-4H3,(H,24,25)(H2,22,23,26). The third-order valence-corrected chi connectivity index (χ3v) is 3.97. The number of carboxylic acid groups (broad SMARTS) is 1.